The lowest BCUT2D eigenvalue weighted by Gasteiger charge is -2.19. The minimum Gasteiger partial charge on any atom is -0.347 e. The van der Waals surface area contributed by atoms with Gasteiger partial charge in [0.1, 0.15) is 5.82 Å². The molecule has 0 aliphatic heterocycles. The van der Waals surface area contributed by atoms with Gasteiger partial charge in [0.25, 0.3) is 5.91 Å². The molecule has 0 atom stereocenters. The maximum absolute atomic E-state index is 12.1. The summed E-state index contributed by atoms with van der Waals surface area (Å²) in [4.78, 5) is 32.1. The molecule has 0 saturated heterocycles. The van der Waals surface area contributed by atoms with Crippen LogP contribution < -0.4 is 10.6 Å². The predicted octanol–water partition coefficient (Wildman–Crippen LogP) is 2.13. The first-order valence-electron chi connectivity index (χ1n) is 8.18. The Kier molecular flexibility index (Phi) is 5.85. The Labute approximate surface area is 148 Å². The van der Waals surface area contributed by atoms with E-state index in [0.717, 1.165) is 11.1 Å². The molecule has 0 fully saturated rings. The molecule has 0 aliphatic rings. The Morgan fingerprint density at radius 3 is 2.16 bits per heavy atom. The first kappa shape index (κ1) is 18.6. The van der Waals surface area contributed by atoms with Crippen LogP contribution in [0.1, 0.15) is 48.1 Å². The molecule has 2 aromatic rings. The topological polar surface area (TPSA) is 84.0 Å². The van der Waals surface area contributed by atoms with Gasteiger partial charge in [0.15, 0.2) is 0 Å². The Morgan fingerprint density at radius 1 is 1.00 bits per heavy atom. The summed E-state index contributed by atoms with van der Waals surface area (Å²) in [6.45, 7) is 8.38. The molecule has 6 heteroatoms. The second-order valence-corrected chi connectivity index (χ2v) is 6.96. The highest BCUT2D eigenvalue weighted by Crippen LogP contribution is 2.22. The third kappa shape index (κ3) is 5.67. The molecular formula is C19H24N4O2. The molecule has 0 saturated carbocycles. The SMILES string of the molecule is Cc1cnc(CNC(=O)CNC(=O)c2ccc(C(C)(C)C)cc2)nc1. The molecule has 1 aromatic heterocycles. The third-order valence-electron chi connectivity index (χ3n) is 3.70. The van der Waals surface area contributed by atoms with E-state index in [9.17, 15) is 9.59 Å². The molecule has 1 heterocycles. The quantitative estimate of drug-likeness (QED) is 0.873. The van der Waals surface area contributed by atoms with Crippen LogP contribution in [0, 0.1) is 6.92 Å². The number of carbonyl (C=O) groups is 2. The summed E-state index contributed by atoms with van der Waals surface area (Å²) < 4.78 is 0. The van der Waals surface area contributed by atoms with Crippen molar-refractivity contribution in [3.63, 3.8) is 0 Å². The number of nitrogens with one attached hydrogen (secondary N) is 2. The normalized spacial score (nSPS) is 11.0. The van der Waals surface area contributed by atoms with Crippen molar-refractivity contribution in [2.75, 3.05) is 6.54 Å². The molecular weight excluding hydrogens is 316 g/mol. The Balaban J connectivity index is 1.80. The van der Waals surface area contributed by atoms with Crippen molar-refractivity contribution in [3.05, 3.63) is 59.2 Å². The molecule has 0 aliphatic carbocycles. The van der Waals surface area contributed by atoms with Gasteiger partial charge in [-0.25, -0.2) is 9.97 Å². The standard InChI is InChI=1S/C19H24N4O2/c1-13-9-20-16(21-10-13)11-22-17(24)12-23-18(25)14-5-7-15(8-6-14)19(2,3)4/h5-10H,11-12H2,1-4H3,(H,22,24)(H,23,25). The average molecular weight is 340 g/mol. The summed E-state index contributed by atoms with van der Waals surface area (Å²) in [5.74, 6) is -0.0333. The van der Waals surface area contributed by atoms with E-state index < -0.39 is 0 Å². The Morgan fingerprint density at radius 2 is 1.60 bits per heavy atom. The summed E-state index contributed by atoms with van der Waals surface area (Å²) in [5, 5.41) is 5.29. The lowest BCUT2D eigenvalue weighted by molar-refractivity contribution is -0.120. The highest BCUT2D eigenvalue weighted by atomic mass is 16.2. The zero-order valence-electron chi connectivity index (χ0n) is 15.1. The highest BCUT2D eigenvalue weighted by Gasteiger charge is 2.14. The predicted molar refractivity (Wildman–Crippen MR) is 96.1 cm³/mol. The van der Waals surface area contributed by atoms with Gasteiger partial charge in [0, 0.05) is 18.0 Å². The number of nitrogens with zero attached hydrogens (tertiary/aromatic N) is 2. The summed E-state index contributed by atoms with van der Waals surface area (Å²) >= 11 is 0. The molecule has 132 valence electrons. The minimum atomic E-state index is -0.288. The van der Waals surface area contributed by atoms with E-state index in [4.69, 9.17) is 0 Å². The summed E-state index contributed by atoms with van der Waals surface area (Å²) in [6, 6.07) is 7.41. The van der Waals surface area contributed by atoms with Crippen LogP contribution in [0.15, 0.2) is 36.7 Å². The van der Waals surface area contributed by atoms with Crippen molar-refractivity contribution in [1.29, 1.82) is 0 Å². The number of hydrogen-bond acceptors (Lipinski definition) is 4. The number of rotatable bonds is 5. The Bertz CT molecular complexity index is 732. The second-order valence-electron chi connectivity index (χ2n) is 6.96. The molecule has 25 heavy (non-hydrogen) atoms. The highest BCUT2D eigenvalue weighted by molar-refractivity contribution is 5.96. The number of hydrogen-bond donors (Lipinski definition) is 2. The minimum absolute atomic E-state index is 0.0347. The number of benzene rings is 1. The number of aromatic nitrogens is 2. The Hall–Kier alpha value is -2.76. The summed E-state index contributed by atoms with van der Waals surface area (Å²) in [5.41, 5.74) is 2.68. The second kappa shape index (κ2) is 7.88. The lowest BCUT2D eigenvalue weighted by atomic mass is 9.87. The van der Waals surface area contributed by atoms with Crippen molar-refractivity contribution in [2.45, 2.75) is 39.7 Å². The van der Waals surface area contributed by atoms with Gasteiger partial charge in [0.05, 0.1) is 13.1 Å². The smallest absolute Gasteiger partial charge is 0.251 e. The lowest BCUT2D eigenvalue weighted by Crippen LogP contribution is -2.36. The van der Waals surface area contributed by atoms with Gasteiger partial charge in [0.2, 0.25) is 5.91 Å². The van der Waals surface area contributed by atoms with Crippen molar-refractivity contribution in [1.82, 2.24) is 20.6 Å². The van der Waals surface area contributed by atoms with Crippen LogP contribution in [0.5, 0.6) is 0 Å². The summed E-state index contributed by atoms with van der Waals surface area (Å²) in [6.07, 6.45) is 3.38. The van der Waals surface area contributed by atoms with Crippen LogP contribution in [0.2, 0.25) is 0 Å². The summed E-state index contributed by atoms with van der Waals surface area (Å²) in [7, 11) is 0. The van der Waals surface area contributed by atoms with Crippen molar-refractivity contribution >= 4 is 11.8 Å². The van der Waals surface area contributed by atoms with Crippen LogP contribution in [0.4, 0.5) is 0 Å². The van der Waals surface area contributed by atoms with Crippen LogP contribution in [-0.4, -0.2) is 28.3 Å². The van der Waals surface area contributed by atoms with E-state index in [1.54, 1.807) is 24.5 Å². The molecule has 6 nitrogen and oxygen atoms in total. The van der Waals surface area contributed by atoms with Crippen LogP contribution in [0.3, 0.4) is 0 Å². The first-order chi connectivity index (χ1) is 11.8. The fourth-order valence-electron chi connectivity index (χ4n) is 2.13. The number of amides is 2. The molecule has 2 N–H and O–H groups in total. The number of carbonyl (C=O) groups excluding carboxylic acids is 2. The van der Waals surface area contributed by atoms with Crippen LogP contribution >= 0.6 is 0 Å². The van der Waals surface area contributed by atoms with E-state index in [-0.39, 0.29) is 30.3 Å². The van der Waals surface area contributed by atoms with Gasteiger partial charge in [-0.3, -0.25) is 9.59 Å². The largest absolute Gasteiger partial charge is 0.347 e. The van der Waals surface area contributed by atoms with E-state index in [2.05, 4.69) is 41.4 Å². The van der Waals surface area contributed by atoms with Gasteiger partial charge in [-0.2, -0.15) is 0 Å². The first-order valence-corrected chi connectivity index (χ1v) is 8.18. The zero-order chi connectivity index (χ0) is 18.4. The molecule has 0 radical (unpaired) electrons. The van der Waals surface area contributed by atoms with Crippen molar-refractivity contribution in [2.24, 2.45) is 0 Å². The van der Waals surface area contributed by atoms with Crippen LogP contribution in [-0.2, 0) is 16.8 Å². The molecule has 0 unspecified atom stereocenters. The van der Waals surface area contributed by atoms with Crippen LogP contribution in [0.25, 0.3) is 0 Å². The monoisotopic (exact) mass is 340 g/mol. The fraction of sp³-hybridized carbons (Fsp3) is 0.368. The van der Waals surface area contributed by atoms with Gasteiger partial charge in [-0.1, -0.05) is 32.9 Å². The number of aryl methyl sites for hydroxylation is 1. The third-order valence-corrected chi connectivity index (χ3v) is 3.70. The molecule has 1 aromatic carbocycles. The maximum atomic E-state index is 12.1. The molecule has 0 spiro atoms. The van der Waals surface area contributed by atoms with Gasteiger partial charge in [-0.15, -0.1) is 0 Å². The van der Waals surface area contributed by atoms with E-state index in [1.165, 1.54) is 0 Å². The van der Waals surface area contributed by atoms with Gasteiger partial charge >= 0.3 is 0 Å². The molecule has 2 amide bonds. The molecule has 0 bridgehead atoms. The van der Waals surface area contributed by atoms with Gasteiger partial charge < -0.3 is 10.6 Å². The fourth-order valence-corrected chi connectivity index (χ4v) is 2.13. The van der Waals surface area contributed by atoms with Crippen molar-refractivity contribution < 1.29 is 9.59 Å². The zero-order valence-corrected chi connectivity index (χ0v) is 15.1. The van der Waals surface area contributed by atoms with E-state index in [1.807, 2.05) is 19.1 Å². The average Bonchev–Trinajstić information content (AvgIpc) is 2.58. The van der Waals surface area contributed by atoms with E-state index in [0.29, 0.717) is 11.4 Å². The maximum Gasteiger partial charge on any atom is 0.251 e. The molecule has 2 rings (SSSR count). The van der Waals surface area contributed by atoms with E-state index >= 15 is 0 Å². The van der Waals surface area contributed by atoms with Gasteiger partial charge in [-0.05, 0) is 35.6 Å². The van der Waals surface area contributed by atoms with Crippen molar-refractivity contribution in [3.8, 4) is 0 Å².